The van der Waals surface area contributed by atoms with Crippen molar-refractivity contribution in [1.29, 1.82) is 0 Å². The van der Waals surface area contributed by atoms with E-state index in [4.69, 9.17) is 4.74 Å². The van der Waals surface area contributed by atoms with E-state index in [-0.39, 0.29) is 0 Å². The molecule has 0 amide bonds. The number of likely N-dealkylation sites (tertiary alicyclic amines) is 1. The summed E-state index contributed by atoms with van der Waals surface area (Å²) in [7, 11) is -1.33. The third kappa shape index (κ3) is 8.12. The number of sulfonamides is 1. The molecule has 2 N–H and O–H groups in total. The van der Waals surface area contributed by atoms with Gasteiger partial charge in [-0.3, -0.25) is 4.90 Å². The van der Waals surface area contributed by atoms with Crippen molar-refractivity contribution in [2.24, 2.45) is 7.05 Å². The Labute approximate surface area is 185 Å². The molecule has 1 aliphatic heterocycles. The van der Waals surface area contributed by atoms with Crippen molar-refractivity contribution in [2.45, 2.75) is 38.6 Å². The highest BCUT2D eigenvalue weighted by Crippen LogP contribution is 2.17. The number of aromatic nitrogens is 3. The Bertz CT molecular complexity index is 925. The second-order valence-electron chi connectivity index (χ2n) is 8.03. The van der Waals surface area contributed by atoms with Crippen molar-refractivity contribution in [3.8, 4) is 5.75 Å². The van der Waals surface area contributed by atoms with Crippen LogP contribution in [0.2, 0.25) is 0 Å². The van der Waals surface area contributed by atoms with Gasteiger partial charge in [-0.05, 0) is 50.0 Å². The minimum Gasteiger partial charge on any atom is -0.494 e. The summed E-state index contributed by atoms with van der Waals surface area (Å²) in [5.41, 5.74) is 1.30. The van der Waals surface area contributed by atoms with Gasteiger partial charge in [0.15, 0.2) is 0 Å². The molecular weight excluding hydrogens is 416 g/mol. The molecular formula is C21H34N6O3S. The van der Waals surface area contributed by atoms with Gasteiger partial charge in [-0.1, -0.05) is 18.6 Å². The van der Waals surface area contributed by atoms with Crippen LogP contribution in [0.3, 0.4) is 0 Å². The smallest absolute Gasteiger partial charge is 0.224 e. The summed E-state index contributed by atoms with van der Waals surface area (Å²) >= 11 is 0. The number of piperidine rings is 1. The lowest BCUT2D eigenvalue weighted by molar-refractivity contribution is 0.220. The lowest BCUT2D eigenvalue weighted by atomic mass is 10.1. The van der Waals surface area contributed by atoms with Gasteiger partial charge in [0.25, 0.3) is 0 Å². The number of hydrogen-bond acceptors (Lipinski definition) is 7. The lowest BCUT2D eigenvalue weighted by Crippen LogP contribution is -2.29. The summed E-state index contributed by atoms with van der Waals surface area (Å²) in [6.45, 7) is 5.00. The predicted octanol–water partition coefficient (Wildman–Crippen LogP) is 1.77. The number of nitrogens with zero attached hydrogens (tertiary/aromatic N) is 4. The third-order valence-corrected chi connectivity index (χ3v) is 6.03. The van der Waals surface area contributed by atoms with Crippen molar-refractivity contribution >= 4 is 16.0 Å². The van der Waals surface area contributed by atoms with Crippen molar-refractivity contribution < 1.29 is 13.2 Å². The Morgan fingerprint density at radius 2 is 1.94 bits per heavy atom. The molecule has 0 aliphatic carbocycles. The first-order valence-electron chi connectivity index (χ1n) is 10.9. The molecule has 10 heteroatoms. The molecule has 2 heterocycles. The average molecular weight is 451 g/mol. The maximum absolute atomic E-state index is 11.1. The van der Waals surface area contributed by atoms with Gasteiger partial charge in [-0.25, -0.2) is 13.1 Å². The first kappa shape index (κ1) is 23.5. The molecule has 0 radical (unpaired) electrons. The zero-order valence-electron chi connectivity index (χ0n) is 18.5. The van der Waals surface area contributed by atoms with Crippen molar-refractivity contribution in [3.05, 3.63) is 35.7 Å². The fraction of sp³-hybridized carbons (Fsp3) is 0.619. The molecule has 31 heavy (non-hydrogen) atoms. The predicted molar refractivity (Wildman–Crippen MR) is 122 cm³/mol. The topological polar surface area (TPSA) is 101 Å². The largest absolute Gasteiger partial charge is 0.494 e. The fourth-order valence-corrected chi connectivity index (χ4v) is 4.13. The van der Waals surface area contributed by atoms with Crippen LogP contribution in [0.15, 0.2) is 24.3 Å². The minimum absolute atomic E-state index is 0.301. The van der Waals surface area contributed by atoms with Gasteiger partial charge in [0.05, 0.1) is 12.9 Å². The number of rotatable bonds is 12. The molecule has 0 atom stereocenters. The summed E-state index contributed by atoms with van der Waals surface area (Å²) in [5.74, 6) is 2.30. The molecule has 1 aliphatic rings. The van der Waals surface area contributed by atoms with Crippen LogP contribution < -0.4 is 14.8 Å². The van der Waals surface area contributed by atoms with Crippen LogP contribution in [0.5, 0.6) is 5.75 Å². The Kier molecular flexibility index (Phi) is 8.68. The molecule has 0 bridgehead atoms. The average Bonchev–Trinajstić information content (AvgIpc) is 3.08. The maximum Gasteiger partial charge on any atom is 0.224 e. The second kappa shape index (κ2) is 11.4. The van der Waals surface area contributed by atoms with E-state index < -0.39 is 10.0 Å². The molecule has 1 saturated heterocycles. The van der Waals surface area contributed by atoms with Crippen molar-refractivity contribution in [3.63, 3.8) is 0 Å². The Hall–Kier alpha value is -2.17. The van der Waals surface area contributed by atoms with Crippen LogP contribution in [0.25, 0.3) is 0 Å². The number of hydrogen-bond donors (Lipinski definition) is 2. The zero-order valence-corrected chi connectivity index (χ0v) is 19.3. The molecule has 0 saturated carbocycles. The van der Waals surface area contributed by atoms with E-state index in [2.05, 4.69) is 43.3 Å². The van der Waals surface area contributed by atoms with Crippen LogP contribution in [0, 0.1) is 0 Å². The number of nitrogens with one attached hydrogen (secondary N) is 2. The Balaban J connectivity index is 1.36. The van der Waals surface area contributed by atoms with E-state index in [0.29, 0.717) is 32.1 Å². The van der Waals surface area contributed by atoms with E-state index >= 15 is 0 Å². The highest BCUT2D eigenvalue weighted by Gasteiger charge is 2.11. The minimum atomic E-state index is -3.19. The van der Waals surface area contributed by atoms with E-state index in [9.17, 15) is 8.42 Å². The monoisotopic (exact) mass is 450 g/mol. The van der Waals surface area contributed by atoms with Crippen LogP contribution >= 0.6 is 0 Å². The standard InChI is InChI=1S/C21H34N6O3S/c1-26-20(10-12-23-31(2,28)29)24-25-21(26)22-11-7-15-30-19-9-6-8-18(16-19)17-27-13-4-3-5-14-27/h6,8-9,16,23H,3-5,7,10-15,17H2,1-2H3,(H,22,25). The Morgan fingerprint density at radius 3 is 2.71 bits per heavy atom. The van der Waals surface area contributed by atoms with Gasteiger partial charge in [0.2, 0.25) is 16.0 Å². The molecule has 1 aromatic heterocycles. The molecule has 1 fully saturated rings. The summed E-state index contributed by atoms with van der Waals surface area (Å²) in [4.78, 5) is 2.51. The lowest BCUT2D eigenvalue weighted by Gasteiger charge is -2.26. The van der Waals surface area contributed by atoms with Crippen LogP contribution in [0.4, 0.5) is 5.95 Å². The van der Waals surface area contributed by atoms with Gasteiger partial charge >= 0.3 is 0 Å². The summed E-state index contributed by atoms with van der Waals surface area (Å²) in [6, 6.07) is 8.38. The number of anilines is 1. The van der Waals surface area contributed by atoms with E-state index in [0.717, 1.165) is 30.8 Å². The van der Waals surface area contributed by atoms with Crippen LogP contribution in [-0.4, -0.2) is 67.1 Å². The SMILES string of the molecule is Cn1c(CCNS(C)(=O)=O)nnc1NCCCOc1cccc(CN2CCCCC2)c1. The first-order chi connectivity index (χ1) is 14.9. The Morgan fingerprint density at radius 1 is 1.13 bits per heavy atom. The quantitative estimate of drug-likeness (QED) is 0.475. The summed E-state index contributed by atoms with van der Waals surface area (Å²) < 4.78 is 32.5. The summed E-state index contributed by atoms with van der Waals surface area (Å²) in [5, 5.41) is 11.5. The van der Waals surface area contributed by atoms with Gasteiger partial charge in [-0.2, -0.15) is 0 Å². The molecule has 0 unspecified atom stereocenters. The summed E-state index contributed by atoms with van der Waals surface area (Å²) in [6.07, 6.45) is 6.40. The molecule has 172 valence electrons. The fourth-order valence-electron chi connectivity index (χ4n) is 3.65. The van der Waals surface area contributed by atoms with Crippen molar-refractivity contribution in [1.82, 2.24) is 24.4 Å². The molecule has 0 spiro atoms. The van der Waals surface area contributed by atoms with Crippen LogP contribution in [0.1, 0.15) is 37.1 Å². The highest BCUT2D eigenvalue weighted by atomic mass is 32.2. The van der Waals surface area contributed by atoms with Gasteiger partial charge < -0.3 is 14.6 Å². The maximum atomic E-state index is 11.1. The first-order valence-corrected chi connectivity index (χ1v) is 12.8. The highest BCUT2D eigenvalue weighted by molar-refractivity contribution is 7.88. The third-order valence-electron chi connectivity index (χ3n) is 5.30. The molecule has 1 aromatic carbocycles. The van der Waals surface area contributed by atoms with Crippen LogP contribution in [-0.2, 0) is 30.0 Å². The van der Waals surface area contributed by atoms with Crippen molar-refractivity contribution in [2.75, 3.05) is 44.4 Å². The van der Waals surface area contributed by atoms with Gasteiger partial charge in [0.1, 0.15) is 11.6 Å². The molecule has 9 nitrogen and oxygen atoms in total. The zero-order chi connectivity index (χ0) is 22.1. The van der Waals surface area contributed by atoms with Gasteiger partial charge in [0, 0.05) is 33.1 Å². The molecule has 2 aromatic rings. The van der Waals surface area contributed by atoms with E-state index in [1.54, 1.807) is 0 Å². The molecule has 3 rings (SSSR count). The number of benzene rings is 1. The van der Waals surface area contributed by atoms with E-state index in [1.165, 1.54) is 37.9 Å². The number of ether oxygens (including phenoxy) is 1. The normalized spacial score (nSPS) is 15.2. The second-order valence-corrected chi connectivity index (χ2v) is 9.86. The van der Waals surface area contributed by atoms with Gasteiger partial charge in [-0.15, -0.1) is 10.2 Å². The van der Waals surface area contributed by atoms with E-state index in [1.807, 2.05) is 17.7 Å².